The van der Waals surface area contributed by atoms with E-state index in [1.54, 1.807) is 55.5 Å². The number of ketones is 1. The molecule has 5 rings (SSSR count). The van der Waals surface area contributed by atoms with Crippen molar-refractivity contribution in [3.05, 3.63) is 82.4 Å². The maximum absolute atomic E-state index is 13.5. The van der Waals surface area contributed by atoms with Crippen molar-refractivity contribution in [3.63, 3.8) is 0 Å². The molecule has 0 saturated carbocycles. The molecule has 3 heterocycles. The molecule has 0 spiro atoms. The lowest BCUT2D eigenvalue weighted by molar-refractivity contribution is -0.132. The Kier molecular flexibility index (Phi) is 7.07. The zero-order valence-corrected chi connectivity index (χ0v) is 21.9. The van der Waals surface area contributed by atoms with Crippen LogP contribution in [0, 0.1) is 6.92 Å². The highest BCUT2D eigenvalue weighted by Crippen LogP contribution is 2.45. The number of fused-ring (bicyclic) bond motifs is 1. The molecule has 11 heteroatoms. The molecule has 0 aliphatic carbocycles. The summed E-state index contributed by atoms with van der Waals surface area (Å²) in [6.45, 7) is 6.24. The highest BCUT2D eigenvalue weighted by molar-refractivity contribution is 7.17. The average Bonchev–Trinajstić information content (AvgIpc) is 3.47. The SMILES string of the molecule is C=CCOc1cccc(C2/C(=C(\O)c3ccc4c(c3)OCCO4)C(=O)C(=O)N2c2nc(C)c(C(=O)OC)s2)c1. The van der Waals surface area contributed by atoms with Crippen LogP contribution in [0.15, 0.2) is 60.7 Å². The number of anilines is 1. The van der Waals surface area contributed by atoms with E-state index in [1.807, 2.05) is 0 Å². The monoisotopic (exact) mass is 548 g/mol. The van der Waals surface area contributed by atoms with Gasteiger partial charge in [0.15, 0.2) is 16.6 Å². The number of ether oxygens (including phenoxy) is 4. The minimum Gasteiger partial charge on any atom is -0.507 e. The van der Waals surface area contributed by atoms with Gasteiger partial charge >= 0.3 is 11.9 Å². The highest BCUT2D eigenvalue weighted by atomic mass is 32.1. The van der Waals surface area contributed by atoms with Crippen molar-refractivity contribution in [2.24, 2.45) is 0 Å². The van der Waals surface area contributed by atoms with E-state index < -0.39 is 29.5 Å². The Bertz CT molecular complexity index is 1530. The molecule has 1 aromatic heterocycles. The number of hydrogen-bond acceptors (Lipinski definition) is 10. The highest BCUT2D eigenvalue weighted by Gasteiger charge is 2.48. The molecule has 200 valence electrons. The first kappa shape index (κ1) is 26.0. The van der Waals surface area contributed by atoms with Crippen LogP contribution >= 0.6 is 11.3 Å². The molecule has 2 aliphatic heterocycles. The Balaban J connectivity index is 1.68. The number of benzene rings is 2. The van der Waals surface area contributed by atoms with Crippen molar-refractivity contribution in [2.75, 3.05) is 31.8 Å². The molecule has 1 amide bonds. The van der Waals surface area contributed by atoms with Gasteiger partial charge in [-0.2, -0.15) is 0 Å². The quantitative estimate of drug-likeness (QED) is 0.152. The van der Waals surface area contributed by atoms with Crippen molar-refractivity contribution < 1.29 is 38.4 Å². The van der Waals surface area contributed by atoms with Crippen LogP contribution in [0.4, 0.5) is 5.13 Å². The second-order valence-corrected chi connectivity index (χ2v) is 9.58. The molecule has 3 aromatic rings. The maximum Gasteiger partial charge on any atom is 0.350 e. The summed E-state index contributed by atoms with van der Waals surface area (Å²) in [4.78, 5) is 45.0. The maximum atomic E-state index is 13.5. The number of aryl methyl sites for hydroxylation is 1. The number of thiazole rings is 1. The van der Waals surface area contributed by atoms with Gasteiger partial charge in [0.05, 0.1) is 24.4 Å². The van der Waals surface area contributed by atoms with Crippen molar-refractivity contribution in [1.82, 2.24) is 4.98 Å². The van der Waals surface area contributed by atoms with E-state index in [4.69, 9.17) is 18.9 Å². The summed E-state index contributed by atoms with van der Waals surface area (Å²) in [5, 5.41) is 11.6. The number of carbonyl (C=O) groups is 3. The molecule has 2 aromatic carbocycles. The smallest absolute Gasteiger partial charge is 0.350 e. The minimum atomic E-state index is -1.07. The molecular formula is C28H24N2O8S. The third kappa shape index (κ3) is 4.72. The first-order chi connectivity index (χ1) is 18.8. The summed E-state index contributed by atoms with van der Waals surface area (Å²) in [7, 11) is 1.25. The Morgan fingerprint density at radius 2 is 1.97 bits per heavy atom. The predicted octanol–water partition coefficient (Wildman–Crippen LogP) is 4.20. The van der Waals surface area contributed by atoms with Crippen LogP contribution in [0.5, 0.6) is 17.2 Å². The van der Waals surface area contributed by atoms with Gasteiger partial charge in [0.25, 0.3) is 5.78 Å². The number of methoxy groups -OCH3 is 1. The number of amides is 1. The number of aliphatic hydroxyl groups is 1. The van der Waals surface area contributed by atoms with E-state index in [9.17, 15) is 19.5 Å². The van der Waals surface area contributed by atoms with Crippen LogP contribution in [-0.2, 0) is 14.3 Å². The summed E-state index contributed by atoms with van der Waals surface area (Å²) in [6.07, 6.45) is 1.59. The lowest BCUT2D eigenvalue weighted by Gasteiger charge is -2.23. The fourth-order valence-corrected chi connectivity index (χ4v) is 5.40. The molecule has 1 fully saturated rings. The molecule has 2 aliphatic rings. The van der Waals surface area contributed by atoms with Gasteiger partial charge in [0, 0.05) is 5.56 Å². The summed E-state index contributed by atoms with van der Waals surface area (Å²) < 4.78 is 21.7. The van der Waals surface area contributed by atoms with Crippen LogP contribution in [0.3, 0.4) is 0 Å². The van der Waals surface area contributed by atoms with Crippen LogP contribution in [0.2, 0.25) is 0 Å². The van der Waals surface area contributed by atoms with Gasteiger partial charge in [-0.3, -0.25) is 14.5 Å². The molecule has 10 nitrogen and oxygen atoms in total. The fourth-order valence-electron chi connectivity index (χ4n) is 4.39. The number of nitrogens with zero attached hydrogens (tertiary/aromatic N) is 2. The molecular weight excluding hydrogens is 524 g/mol. The molecule has 1 unspecified atom stereocenters. The molecule has 1 saturated heterocycles. The standard InChI is InChI=1S/C28H24N2O8S/c1-4-10-36-18-7-5-6-16(13-18)22-21(23(31)17-8-9-19-20(14-17)38-12-11-37-19)24(32)26(33)30(22)28-29-15(2)25(39-28)27(34)35-3/h4-9,13-14,22,31H,1,10-12H2,2-3H3/b23-21+. The molecule has 1 N–H and O–H groups in total. The van der Waals surface area contributed by atoms with Gasteiger partial charge in [-0.1, -0.05) is 36.1 Å². The Morgan fingerprint density at radius 3 is 2.72 bits per heavy atom. The second kappa shape index (κ2) is 10.6. The predicted molar refractivity (Wildman–Crippen MR) is 143 cm³/mol. The lowest BCUT2D eigenvalue weighted by Crippen LogP contribution is -2.29. The van der Waals surface area contributed by atoms with Gasteiger partial charge in [0.2, 0.25) is 0 Å². The first-order valence-electron chi connectivity index (χ1n) is 11.9. The first-order valence-corrected chi connectivity index (χ1v) is 12.8. The second-order valence-electron chi connectivity index (χ2n) is 8.60. The van der Waals surface area contributed by atoms with Gasteiger partial charge in [-0.15, -0.1) is 0 Å². The number of rotatable bonds is 7. The minimum absolute atomic E-state index is 0.110. The lowest BCUT2D eigenvalue weighted by atomic mass is 9.95. The number of aromatic nitrogens is 1. The van der Waals surface area contributed by atoms with Crippen LogP contribution in [0.1, 0.15) is 32.5 Å². The van der Waals surface area contributed by atoms with Crippen molar-refractivity contribution >= 4 is 39.9 Å². The third-order valence-electron chi connectivity index (χ3n) is 6.16. The Morgan fingerprint density at radius 1 is 1.21 bits per heavy atom. The molecule has 0 bridgehead atoms. The van der Waals surface area contributed by atoms with E-state index in [2.05, 4.69) is 11.6 Å². The van der Waals surface area contributed by atoms with E-state index in [-0.39, 0.29) is 27.8 Å². The van der Waals surface area contributed by atoms with Crippen molar-refractivity contribution in [3.8, 4) is 17.2 Å². The molecule has 0 radical (unpaired) electrons. The summed E-state index contributed by atoms with van der Waals surface area (Å²) >= 11 is 0.922. The molecule has 1 atom stereocenters. The van der Waals surface area contributed by atoms with E-state index in [0.717, 1.165) is 11.3 Å². The summed E-state index contributed by atoms with van der Waals surface area (Å²) in [5.41, 5.74) is 0.955. The Hall–Kier alpha value is -4.64. The van der Waals surface area contributed by atoms with Gasteiger partial charge < -0.3 is 24.1 Å². The zero-order chi connectivity index (χ0) is 27.7. The largest absolute Gasteiger partial charge is 0.507 e. The average molecular weight is 549 g/mol. The number of Topliss-reactive ketones (excluding diaryl/α,β-unsaturated/α-hetero) is 1. The van der Waals surface area contributed by atoms with Crippen molar-refractivity contribution in [2.45, 2.75) is 13.0 Å². The van der Waals surface area contributed by atoms with E-state index >= 15 is 0 Å². The number of esters is 1. The van der Waals surface area contributed by atoms with Gasteiger partial charge in [-0.25, -0.2) is 9.78 Å². The van der Waals surface area contributed by atoms with Crippen LogP contribution in [0.25, 0.3) is 5.76 Å². The van der Waals surface area contributed by atoms with E-state index in [0.29, 0.717) is 41.7 Å². The van der Waals surface area contributed by atoms with E-state index in [1.165, 1.54) is 12.0 Å². The molecule has 39 heavy (non-hydrogen) atoms. The Labute approximate surface area is 227 Å². The number of aliphatic hydroxyl groups excluding tert-OH is 1. The normalized spacial score (nSPS) is 17.7. The van der Waals surface area contributed by atoms with Gasteiger partial charge in [0.1, 0.15) is 36.2 Å². The van der Waals surface area contributed by atoms with Crippen LogP contribution < -0.4 is 19.1 Å². The van der Waals surface area contributed by atoms with Crippen LogP contribution in [-0.4, -0.2) is 54.7 Å². The third-order valence-corrected chi connectivity index (χ3v) is 7.30. The number of hydrogen-bond donors (Lipinski definition) is 1. The topological polar surface area (TPSA) is 124 Å². The van der Waals surface area contributed by atoms with Crippen molar-refractivity contribution in [1.29, 1.82) is 0 Å². The zero-order valence-electron chi connectivity index (χ0n) is 21.1. The van der Waals surface area contributed by atoms with Gasteiger partial charge in [-0.05, 0) is 42.8 Å². The number of carbonyl (C=O) groups excluding carboxylic acids is 3. The summed E-state index contributed by atoms with van der Waals surface area (Å²) in [6, 6.07) is 10.5. The fraction of sp³-hybridized carbons (Fsp3) is 0.214. The summed E-state index contributed by atoms with van der Waals surface area (Å²) in [5.74, 6) is -1.41.